The van der Waals surface area contributed by atoms with E-state index in [-0.39, 0.29) is 5.91 Å². The van der Waals surface area contributed by atoms with Crippen molar-refractivity contribution in [2.75, 3.05) is 6.61 Å². The van der Waals surface area contributed by atoms with Crippen molar-refractivity contribution in [1.29, 1.82) is 0 Å². The normalized spacial score (nSPS) is 11.1. The van der Waals surface area contributed by atoms with Crippen LogP contribution in [0.25, 0.3) is 6.08 Å². The summed E-state index contributed by atoms with van der Waals surface area (Å²) in [5, 5.41) is 3.83. The molecule has 0 saturated heterocycles. The predicted octanol–water partition coefficient (Wildman–Crippen LogP) is 3.50. The van der Waals surface area contributed by atoms with Crippen LogP contribution < -0.4 is 10.2 Å². The number of nitrogens with zero attached hydrogens (tertiary/aromatic N) is 1. The van der Waals surface area contributed by atoms with E-state index in [0.717, 1.165) is 17.9 Å². The molecule has 1 N–H and O–H groups in total. The zero-order valence-corrected chi connectivity index (χ0v) is 12.4. The van der Waals surface area contributed by atoms with Gasteiger partial charge >= 0.3 is 0 Å². The maximum Gasteiger partial charge on any atom is 0.271 e. The number of hydrogen-bond acceptors (Lipinski definition) is 4. The molecule has 0 aliphatic carbocycles. The summed E-state index contributed by atoms with van der Waals surface area (Å²) in [6.45, 7) is 2.71. The predicted molar refractivity (Wildman–Crippen MR) is 85.9 cm³/mol. The lowest BCUT2D eigenvalue weighted by Crippen LogP contribution is -2.17. The van der Waals surface area contributed by atoms with Crippen molar-refractivity contribution in [1.82, 2.24) is 5.43 Å². The molecule has 0 spiro atoms. The molecular formula is C17H18N2O3. The van der Waals surface area contributed by atoms with Crippen molar-refractivity contribution in [3.8, 4) is 5.75 Å². The molecule has 114 valence electrons. The van der Waals surface area contributed by atoms with Crippen LogP contribution in [0, 0.1) is 0 Å². The van der Waals surface area contributed by atoms with Gasteiger partial charge in [-0.2, -0.15) is 5.10 Å². The Labute approximate surface area is 129 Å². The molecule has 5 nitrogen and oxygen atoms in total. The van der Waals surface area contributed by atoms with Crippen molar-refractivity contribution in [3.05, 3.63) is 60.1 Å². The van der Waals surface area contributed by atoms with E-state index in [4.69, 9.17) is 9.15 Å². The average Bonchev–Trinajstić information content (AvgIpc) is 3.06. The van der Waals surface area contributed by atoms with Crippen LogP contribution in [0.2, 0.25) is 0 Å². The number of nitrogens with one attached hydrogen (secondary N) is 1. The van der Waals surface area contributed by atoms with Crippen molar-refractivity contribution < 1.29 is 13.9 Å². The fraction of sp³-hybridized carbons (Fsp3) is 0.176. The Morgan fingerprint density at radius 1 is 1.32 bits per heavy atom. The van der Waals surface area contributed by atoms with Crippen LogP contribution in [-0.4, -0.2) is 18.7 Å². The molecular weight excluding hydrogens is 280 g/mol. The van der Waals surface area contributed by atoms with Crippen LogP contribution in [0.5, 0.6) is 5.75 Å². The van der Waals surface area contributed by atoms with E-state index in [9.17, 15) is 4.79 Å². The van der Waals surface area contributed by atoms with Crippen LogP contribution in [-0.2, 0) is 0 Å². The molecule has 1 amide bonds. The van der Waals surface area contributed by atoms with E-state index in [2.05, 4.69) is 10.5 Å². The van der Waals surface area contributed by atoms with E-state index in [0.29, 0.717) is 12.2 Å². The molecule has 2 aromatic rings. The Hall–Kier alpha value is -2.82. The van der Waals surface area contributed by atoms with Gasteiger partial charge in [0, 0.05) is 11.8 Å². The minimum atomic E-state index is -0.273. The SMILES string of the molecule is CCCOc1ccc(C(=O)N/N=C\C=C\c2ccco2)cc1. The Kier molecular flexibility index (Phi) is 5.99. The van der Waals surface area contributed by atoms with Gasteiger partial charge in [0.2, 0.25) is 0 Å². The molecule has 1 heterocycles. The van der Waals surface area contributed by atoms with Crippen molar-refractivity contribution >= 4 is 18.2 Å². The summed E-state index contributed by atoms with van der Waals surface area (Å²) in [5.74, 6) is 1.20. The average molecular weight is 298 g/mol. The van der Waals surface area contributed by atoms with Crippen molar-refractivity contribution in [2.24, 2.45) is 5.10 Å². The Balaban J connectivity index is 1.81. The van der Waals surface area contributed by atoms with Crippen LogP contribution in [0.15, 0.2) is 58.3 Å². The second-order valence-corrected chi connectivity index (χ2v) is 4.47. The zero-order chi connectivity index (χ0) is 15.6. The van der Waals surface area contributed by atoms with E-state index in [1.165, 1.54) is 6.21 Å². The first-order valence-corrected chi connectivity index (χ1v) is 7.06. The summed E-state index contributed by atoms with van der Waals surface area (Å²) in [7, 11) is 0. The number of hydrazone groups is 1. The fourth-order valence-corrected chi connectivity index (χ4v) is 1.65. The summed E-state index contributed by atoms with van der Waals surface area (Å²) in [6.07, 6.45) is 7.45. The van der Waals surface area contributed by atoms with E-state index in [1.54, 1.807) is 48.7 Å². The molecule has 5 heteroatoms. The monoisotopic (exact) mass is 298 g/mol. The molecule has 0 aliphatic heterocycles. The van der Waals surface area contributed by atoms with Crippen molar-refractivity contribution in [3.63, 3.8) is 0 Å². The fourth-order valence-electron chi connectivity index (χ4n) is 1.65. The van der Waals surface area contributed by atoms with Crippen LogP contribution in [0.3, 0.4) is 0 Å². The van der Waals surface area contributed by atoms with Gasteiger partial charge in [-0.15, -0.1) is 0 Å². The number of carbonyl (C=O) groups excluding carboxylic acids is 1. The summed E-state index contributed by atoms with van der Waals surface area (Å²) >= 11 is 0. The van der Waals surface area contributed by atoms with Gasteiger partial charge in [-0.1, -0.05) is 6.92 Å². The number of amides is 1. The van der Waals surface area contributed by atoms with Gasteiger partial charge in [0.1, 0.15) is 11.5 Å². The Bertz CT molecular complexity index is 628. The first-order valence-electron chi connectivity index (χ1n) is 7.06. The topological polar surface area (TPSA) is 63.8 Å². The summed E-state index contributed by atoms with van der Waals surface area (Å²) in [6, 6.07) is 10.6. The third-order valence-electron chi connectivity index (χ3n) is 2.72. The van der Waals surface area contributed by atoms with Gasteiger partial charge in [0.15, 0.2) is 0 Å². The number of carbonyl (C=O) groups is 1. The molecule has 0 bridgehead atoms. The number of allylic oxidation sites excluding steroid dienone is 1. The quantitative estimate of drug-likeness (QED) is 0.628. The number of furan rings is 1. The van der Waals surface area contributed by atoms with Gasteiger partial charge in [-0.25, -0.2) is 5.43 Å². The zero-order valence-electron chi connectivity index (χ0n) is 12.4. The highest BCUT2D eigenvalue weighted by Crippen LogP contribution is 2.12. The maximum atomic E-state index is 11.9. The maximum absolute atomic E-state index is 11.9. The summed E-state index contributed by atoms with van der Waals surface area (Å²) in [5.41, 5.74) is 2.97. The number of rotatable bonds is 7. The van der Waals surface area contributed by atoms with Gasteiger partial charge < -0.3 is 9.15 Å². The highest BCUT2D eigenvalue weighted by molar-refractivity contribution is 5.94. The minimum absolute atomic E-state index is 0.273. The number of hydrogen-bond donors (Lipinski definition) is 1. The Morgan fingerprint density at radius 2 is 2.14 bits per heavy atom. The van der Waals surface area contributed by atoms with Crippen molar-refractivity contribution in [2.45, 2.75) is 13.3 Å². The first kappa shape index (κ1) is 15.6. The third-order valence-corrected chi connectivity index (χ3v) is 2.72. The van der Waals surface area contributed by atoms with E-state index >= 15 is 0 Å². The molecule has 0 saturated carbocycles. The molecule has 0 atom stereocenters. The summed E-state index contributed by atoms with van der Waals surface area (Å²) in [4.78, 5) is 11.9. The van der Waals surface area contributed by atoms with Gasteiger partial charge in [-0.05, 0) is 55.0 Å². The lowest BCUT2D eigenvalue weighted by molar-refractivity contribution is 0.0955. The highest BCUT2D eigenvalue weighted by atomic mass is 16.5. The van der Waals surface area contributed by atoms with E-state index in [1.807, 2.05) is 13.0 Å². The van der Waals surface area contributed by atoms with E-state index < -0.39 is 0 Å². The third kappa shape index (κ3) is 4.94. The summed E-state index contributed by atoms with van der Waals surface area (Å²) < 4.78 is 10.6. The molecule has 2 rings (SSSR count). The number of benzene rings is 1. The van der Waals surface area contributed by atoms with Gasteiger partial charge in [0.25, 0.3) is 5.91 Å². The second kappa shape index (κ2) is 8.46. The molecule has 0 radical (unpaired) electrons. The number of ether oxygens (including phenoxy) is 1. The first-order chi connectivity index (χ1) is 10.8. The van der Waals surface area contributed by atoms with Crippen LogP contribution >= 0.6 is 0 Å². The molecule has 0 unspecified atom stereocenters. The molecule has 0 fully saturated rings. The lowest BCUT2D eigenvalue weighted by Gasteiger charge is -2.05. The van der Waals surface area contributed by atoms with Gasteiger partial charge in [-0.3, -0.25) is 4.79 Å². The highest BCUT2D eigenvalue weighted by Gasteiger charge is 2.03. The van der Waals surface area contributed by atoms with Crippen LogP contribution in [0.1, 0.15) is 29.5 Å². The molecule has 0 aliphatic rings. The van der Waals surface area contributed by atoms with Gasteiger partial charge in [0.05, 0.1) is 12.9 Å². The second-order valence-electron chi connectivity index (χ2n) is 4.47. The standard InChI is InChI=1S/C17H18N2O3/c1-2-12-21-16-9-7-14(8-10-16)17(20)19-18-11-3-5-15-6-4-13-22-15/h3-11,13H,2,12H2,1H3,(H,19,20)/b5-3+,18-11-. The Morgan fingerprint density at radius 3 is 2.82 bits per heavy atom. The lowest BCUT2D eigenvalue weighted by atomic mass is 10.2. The largest absolute Gasteiger partial charge is 0.494 e. The van der Waals surface area contributed by atoms with Crippen LogP contribution in [0.4, 0.5) is 0 Å². The molecule has 1 aromatic heterocycles. The molecule has 1 aromatic carbocycles. The smallest absolute Gasteiger partial charge is 0.271 e. The minimum Gasteiger partial charge on any atom is -0.494 e. The molecule has 22 heavy (non-hydrogen) atoms.